The van der Waals surface area contributed by atoms with E-state index in [9.17, 15) is 9.59 Å². The number of hydrogen-bond acceptors (Lipinski definition) is 3. The molecular formula is C20H24N4O2. The molecule has 136 valence electrons. The Morgan fingerprint density at radius 1 is 1.00 bits per heavy atom. The van der Waals surface area contributed by atoms with Crippen LogP contribution in [-0.4, -0.2) is 36.0 Å². The van der Waals surface area contributed by atoms with Gasteiger partial charge in [0, 0.05) is 30.5 Å². The number of hydrogen-bond donors (Lipinski definition) is 3. The Morgan fingerprint density at radius 2 is 1.65 bits per heavy atom. The molecule has 0 unspecified atom stereocenters. The normalized spacial score (nSPS) is 14.7. The molecule has 1 heterocycles. The Balaban J connectivity index is 1.42. The maximum absolute atomic E-state index is 12.3. The van der Waals surface area contributed by atoms with Crippen molar-refractivity contribution in [1.82, 2.24) is 10.2 Å². The number of nitrogens with two attached hydrogens (primary N) is 1. The lowest BCUT2D eigenvalue weighted by Gasteiger charge is -2.32. The van der Waals surface area contributed by atoms with Crippen LogP contribution in [0.5, 0.6) is 0 Å². The number of nitrogen functional groups attached to an aromatic ring is 1. The van der Waals surface area contributed by atoms with Gasteiger partial charge in [-0.3, -0.25) is 4.79 Å². The quantitative estimate of drug-likeness (QED) is 0.739. The van der Waals surface area contributed by atoms with Crippen molar-refractivity contribution in [3.05, 3.63) is 60.2 Å². The molecule has 0 aliphatic carbocycles. The zero-order chi connectivity index (χ0) is 18.4. The number of nitrogens with one attached hydrogen (secondary N) is 2. The van der Waals surface area contributed by atoms with E-state index in [1.165, 1.54) is 0 Å². The molecule has 1 aliphatic heterocycles. The van der Waals surface area contributed by atoms with Crippen molar-refractivity contribution in [2.75, 3.05) is 24.1 Å². The van der Waals surface area contributed by atoms with Gasteiger partial charge in [0.2, 0.25) is 5.91 Å². The highest BCUT2D eigenvalue weighted by Crippen LogP contribution is 2.14. The van der Waals surface area contributed by atoms with E-state index in [0.29, 0.717) is 25.2 Å². The fourth-order valence-electron chi connectivity index (χ4n) is 3.05. The third-order valence-corrected chi connectivity index (χ3v) is 4.52. The lowest BCUT2D eigenvalue weighted by atomic mass is 10.0. The maximum atomic E-state index is 12.3. The SMILES string of the molecule is Nc1ccc(CC(=O)NC2CCN(C(=O)Nc3ccccc3)CC2)cc1. The summed E-state index contributed by atoms with van der Waals surface area (Å²) in [6, 6.07) is 16.8. The third-order valence-electron chi connectivity index (χ3n) is 4.52. The molecule has 6 nitrogen and oxygen atoms in total. The average Bonchev–Trinajstić information content (AvgIpc) is 2.65. The summed E-state index contributed by atoms with van der Waals surface area (Å²) >= 11 is 0. The summed E-state index contributed by atoms with van der Waals surface area (Å²) in [5.74, 6) is 0.00181. The van der Waals surface area contributed by atoms with Crippen LogP contribution in [0.1, 0.15) is 18.4 Å². The van der Waals surface area contributed by atoms with Crippen molar-refractivity contribution in [2.45, 2.75) is 25.3 Å². The summed E-state index contributed by atoms with van der Waals surface area (Å²) in [4.78, 5) is 26.3. The van der Waals surface area contributed by atoms with Gasteiger partial charge in [0.25, 0.3) is 0 Å². The second-order valence-corrected chi connectivity index (χ2v) is 6.54. The van der Waals surface area contributed by atoms with E-state index in [-0.39, 0.29) is 18.0 Å². The first-order valence-corrected chi connectivity index (χ1v) is 8.85. The molecule has 4 N–H and O–H groups in total. The highest BCUT2D eigenvalue weighted by molar-refractivity contribution is 5.89. The van der Waals surface area contributed by atoms with Gasteiger partial charge in [-0.2, -0.15) is 0 Å². The lowest BCUT2D eigenvalue weighted by molar-refractivity contribution is -0.121. The number of carbonyl (C=O) groups is 2. The molecule has 0 atom stereocenters. The van der Waals surface area contributed by atoms with Gasteiger partial charge < -0.3 is 21.3 Å². The standard InChI is InChI=1S/C20H24N4O2/c21-16-8-6-15(7-9-16)14-19(25)22-18-10-12-24(13-11-18)20(26)23-17-4-2-1-3-5-17/h1-9,18H,10-14,21H2,(H,22,25)(H,23,26). The molecule has 0 spiro atoms. The average molecular weight is 352 g/mol. The van der Waals surface area contributed by atoms with Crippen LogP contribution >= 0.6 is 0 Å². The first-order chi connectivity index (χ1) is 12.6. The Bertz CT molecular complexity index is 738. The molecule has 0 aromatic heterocycles. The molecule has 26 heavy (non-hydrogen) atoms. The van der Waals surface area contributed by atoms with Gasteiger partial charge in [-0.05, 0) is 42.7 Å². The fourth-order valence-corrected chi connectivity index (χ4v) is 3.05. The highest BCUT2D eigenvalue weighted by atomic mass is 16.2. The minimum atomic E-state index is -0.0946. The minimum absolute atomic E-state index is 0.00181. The molecule has 1 saturated heterocycles. The molecule has 3 rings (SSSR count). The summed E-state index contributed by atoms with van der Waals surface area (Å²) in [5.41, 5.74) is 8.07. The van der Waals surface area contributed by atoms with Gasteiger partial charge in [-0.25, -0.2) is 4.79 Å². The van der Waals surface area contributed by atoms with Crippen LogP contribution in [0.15, 0.2) is 54.6 Å². The van der Waals surface area contributed by atoms with Crippen molar-refractivity contribution < 1.29 is 9.59 Å². The first-order valence-electron chi connectivity index (χ1n) is 8.85. The molecule has 0 saturated carbocycles. The molecule has 6 heteroatoms. The van der Waals surface area contributed by atoms with E-state index in [4.69, 9.17) is 5.73 Å². The molecule has 0 radical (unpaired) electrons. The van der Waals surface area contributed by atoms with E-state index in [0.717, 1.165) is 24.1 Å². The Labute approximate surface area is 153 Å². The molecule has 1 fully saturated rings. The predicted octanol–water partition coefficient (Wildman–Crippen LogP) is 2.62. The van der Waals surface area contributed by atoms with Crippen LogP contribution in [-0.2, 0) is 11.2 Å². The first kappa shape index (κ1) is 17.8. The summed E-state index contributed by atoms with van der Waals surface area (Å²) in [7, 11) is 0. The molecule has 3 amide bonds. The zero-order valence-corrected chi connectivity index (χ0v) is 14.7. The zero-order valence-electron chi connectivity index (χ0n) is 14.7. The minimum Gasteiger partial charge on any atom is -0.399 e. The van der Waals surface area contributed by atoms with Crippen LogP contribution in [0.2, 0.25) is 0 Å². The van der Waals surface area contributed by atoms with Gasteiger partial charge in [0.1, 0.15) is 0 Å². The number of amides is 3. The molecular weight excluding hydrogens is 328 g/mol. The Hall–Kier alpha value is -3.02. The fraction of sp³-hybridized carbons (Fsp3) is 0.300. The summed E-state index contributed by atoms with van der Waals surface area (Å²) < 4.78 is 0. The summed E-state index contributed by atoms with van der Waals surface area (Å²) in [6.07, 6.45) is 1.86. The largest absolute Gasteiger partial charge is 0.399 e. The third kappa shape index (κ3) is 4.99. The van der Waals surface area contributed by atoms with Gasteiger partial charge >= 0.3 is 6.03 Å². The van der Waals surface area contributed by atoms with E-state index in [1.54, 1.807) is 17.0 Å². The molecule has 2 aromatic rings. The van der Waals surface area contributed by atoms with E-state index >= 15 is 0 Å². The number of piperidine rings is 1. The topological polar surface area (TPSA) is 87.5 Å². The van der Waals surface area contributed by atoms with Crippen molar-refractivity contribution in [3.63, 3.8) is 0 Å². The smallest absolute Gasteiger partial charge is 0.321 e. The molecule has 0 bridgehead atoms. The van der Waals surface area contributed by atoms with E-state index in [2.05, 4.69) is 10.6 Å². The van der Waals surface area contributed by atoms with Crippen molar-refractivity contribution in [2.24, 2.45) is 0 Å². The monoisotopic (exact) mass is 352 g/mol. The Morgan fingerprint density at radius 3 is 2.31 bits per heavy atom. The lowest BCUT2D eigenvalue weighted by Crippen LogP contribution is -2.48. The highest BCUT2D eigenvalue weighted by Gasteiger charge is 2.23. The predicted molar refractivity (Wildman–Crippen MR) is 103 cm³/mol. The number of benzene rings is 2. The van der Waals surface area contributed by atoms with Crippen LogP contribution in [0, 0.1) is 0 Å². The molecule has 2 aromatic carbocycles. The van der Waals surface area contributed by atoms with E-state index < -0.39 is 0 Å². The number of nitrogens with zero attached hydrogens (tertiary/aromatic N) is 1. The number of anilines is 2. The Kier molecular flexibility index (Phi) is 5.73. The van der Waals surface area contributed by atoms with Crippen LogP contribution < -0.4 is 16.4 Å². The number of para-hydroxylation sites is 1. The van der Waals surface area contributed by atoms with Gasteiger partial charge in [0.15, 0.2) is 0 Å². The van der Waals surface area contributed by atoms with Crippen molar-refractivity contribution in [1.29, 1.82) is 0 Å². The summed E-state index contributed by atoms with van der Waals surface area (Å²) in [6.45, 7) is 1.26. The van der Waals surface area contributed by atoms with Crippen LogP contribution in [0.4, 0.5) is 16.2 Å². The number of carbonyl (C=O) groups excluding carboxylic acids is 2. The second-order valence-electron chi connectivity index (χ2n) is 6.54. The number of urea groups is 1. The number of rotatable bonds is 4. The van der Waals surface area contributed by atoms with Crippen LogP contribution in [0.3, 0.4) is 0 Å². The summed E-state index contributed by atoms with van der Waals surface area (Å²) in [5, 5.41) is 5.96. The maximum Gasteiger partial charge on any atom is 0.321 e. The van der Waals surface area contributed by atoms with Crippen molar-refractivity contribution >= 4 is 23.3 Å². The number of likely N-dealkylation sites (tertiary alicyclic amines) is 1. The second kappa shape index (κ2) is 8.38. The molecule has 1 aliphatic rings. The van der Waals surface area contributed by atoms with Crippen molar-refractivity contribution in [3.8, 4) is 0 Å². The van der Waals surface area contributed by atoms with Gasteiger partial charge in [-0.15, -0.1) is 0 Å². The van der Waals surface area contributed by atoms with E-state index in [1.807, 2.05) is 42.5 Å². The van der Waals surface area contributed by atoms with Crippen LogP contribution in [0.25, 0.3) is 0 Å². The van der Waals surface area contributed by atoms with Gasteiger partial charge in [-0.1, -0.05) is 30.3 Å². The van der Waals surface area contributed by atoms with Gasteiger partial charge in [0.05, 0.1) is 6.42 Å².